The predicted molar refractivity (Wildman–Crippen MR) is 43.1 cm³/mol. The summed E-state index contributed by atoms with van der Waals surface area (Å²) in [5.41, 5.74) is 0. The summed E-state index contributed by atoms with van der Waals surface area (Å²) in [6.45, 7) is 1.84. The van der Waals surface area contributed by atoms with E-state index in [-0.39, 0.29) is 0 Å². The van der Waals surface area contributed by atoms with Gasteiger partial charge in [0, 0.05) is 20.2 Å². The molecule has 60 valence electrons. The summed E-state index contributed by atoms with van der Waals surface area (Å²) < 4.78 is 4.81. The molecule has 0 N–H and O–H groups in total. The Morgan fingerprint density at radius 1 is 1.64 bits per heavy atom. The molecule has 0 radical (unpaired) electrons. The Labute approximate surface area is 65.5 Å². The fourth-order valence-corrected chi connectivity index (χ4v) is 0.589. The van der Waals surface area contributed by atoms with Gasteiger partial charge in [-0.15, -0.1) is 0 Å². The summed E-state index contributed by atoms with van der Waals surface area (Å²) >= 11 is 0. The van der Waals surface area contributed by atoms with Gasteiger partial charge in [0.15, 0.2) is 5.82 Å². The molecule has 0 spiro atoms. The minimum Gasteiger partial charge on any atom is -0.369 e. The van der Waals surface area contributed by atoms with Crippen molar-refractivity contribution in [3.8, 4) is 0 Å². The maximum absolute atomic E-state index is 4.81. The minimum atomic E-state index is 0.608. The number of nitrogens with zero attached hydrogens (tertiary/aromatic N) is 3. The molecule has 0 aliphatic carbocycles. The van der Waals surface area contributed by atoms with Crippen LogP contribution in [0.15, 0.2) is 15.6 Å². The average Bonchev–Trinajstić information content (AvgIpc) is 2.31. The second-order valence-corrected chi connectivity index (χ2v) is 2.50. The molecule has 1 rings (SSSR count). The third-order valence-corrected chi connectivity index (χ3v) is 1.04. The lowest BCUT2D eigenvalue weighted by atomic mass is 10.5. The first-order valence-electron chi connectivity index (χ1n) is 3.32. The van der Waals surface area contributed by atoms with Gasteiger partial charge in [-0.05, 0) is 6.92 Å². The topological polar surface area (TPSA) is 41.6 Å². The Bertz CT molecular complexity index is 252. The summed E-state index contributed by atoms with van der Waals surface area (Å²) in [5.74, 6) is 1.38. The fraction of sp³-hybridized carbons (Fsp3) is 0.429. The molecule has 0 saturated heterocycles. The molecular weight excluding hydrogens is 142 g/mol. The highest BCUT2D eigenvalue weighted by atomic mass is 16.5. The lowest BCUT2D eigenvalue weighted by Gasteiger charge is -1.99. The van der Waals surface area contributed by atoms with E-state index in [4.69, 9.17) is 4.52 Å². The van der Waals surface area contributed by atoms with Crippen molar-refractivity contribution >= 4 is 12.2 Å². The summed E-state index contributed by atoms with van der Waals surface area (Å²) in [6, 6.07) is 1.78. The van der Waals surface area contributed by atoms with E-state index < -0.39 is 0 Å². The van der Waals surface area contributed by atoms with Crippen LogP contribution in [0.5, 0.6) is 0 Å². The van der Waals surface area contributed by atoms with Crippen molar-refractivity contribution in [1.82, 2.24) is 10.1 Å². The zero-order valence-electron chi connectivity index (χ0n) is 6.90. The summed E-state index contributed by atoms with van der Waals surface area (Å²) in [5, 5.41) is 3.69. The van der Waals surface area contributed by atoms with Gasteiger partial charge in [0.1, 0.15) is 5.76 Å². The molecule has 0 saturated carbocycles. The van der Waals surface area contributed by atoms with Crippen molar-refractivity contribution in [1.29, 1.82) is 0 Å². The quantitative estimate of drug-likeness (QED) is 0.473. The van der Waals surface area contributed by atoms with E-state index >= 15 is 0 Å². The van der Waals surface area contributed by atoms with E-state index in [0.717, 1.165) is 5.76 Å². The normalized spacial score (nSPS) is 10.8. The average molecular weight is 153 g/mol. The summed E-state index contributed by atoms with van der Waals surface area (Å²) in [6.07, 6.45) is 1.68. The first-order valence-corrected chi connectivity index (χ1v) is 3.32. The highest BCUT2D eigenvalue weighted by molar-refractivity contribution is 5.58. The molecule has 4 heteroatoms. The lowest BCUT2D eigenvalue weighted by Crippen LogP contribution is -2.06. The maximum atomic E-state index is 4.81. The second kappa shape index (κ2) is 3.18. The highest BCUT2D eigenvalue weighted by Gasteiger charge is 1.94. The van der Waals surface area contributed by atoms with Crippen LogP contribution in [-0.4, -0.2) is 30.5 Å². The molecule has 0 fully saturated rings. The van der Waals surface area contributed by atoms with Gasteiger partial charge >= 0.3 is 0 Å². The van der Waals surface area contributed by atoms with Crippen LogP contribution in [0.4, 0.5) is 5.82 Å². The standard InChI is InChI=1S/C7H11N3O/c1-6-4-7(9-11-6)8-5-10(2)3/h4-5H,1-3H3. The van der Waals surface area contributed by atoms with Gasteiger partial charge < -0.3 is 9.42 Å². The molecule has 4 nitrogen and oxygen atoms in total. The third kappa shape index (κ3) is 2.41. The smallest absolute Gasteiger partial charge is 0.196 e. The van der Waals surface area contributed by atoms with Gasteiger partial charge in [0.05, 0.1) is 6.34 Å². The van der Waals surface area contributed by atoms with Crippen LogP contribution >= 0.6 is 0 Å². The van der Waals surface area contributed by atoms with Crippen molar-refractivity contribution in [3.05, 3.63) is 11.8 Å². The molecule has 1 heterocycles. The molecular formula is C7H11N3O. The highest BCUT2D eigenvalue weighted by Crippen LogP contribution is 2.09. The summed E-state index contributed by atoms with van der Waals surface area (Å²) in [4.78, 5) is 5.86. The molecule has 0 atom stereocenters. The van der Waals surface area contributed by atoms with E-state index in [0.29, 0.717) is 5.82 Å². The molecule has 0 aliphatic heterocycles. The van der Waals surface area contributed by atoms with Crippen molar-refractivity contribution < 1.29 is 4.52 Å². The monoisotopic (exact) mass is 153 g/mol. The van der Waals surface area contributed by atoms with Crippen LogP contribution in [0.2, 0.25) is 0 Å². The number of aromatic nitrogens is 1. The SMILES string of the molecule is Cc1cc(N=CN(C)C)no1. The molecule has 1 aromatic heterocycles. The van der Waals surface area contributed by atoms with E-state index in [1.165, 1.54) is 0 Å². The van der Waals surface area contributed by atoms with Gasteiger partial charge in [0.25, 0.3) is 0 Å². The third-order valence-electron chi connectivity index (χ3n) is 1.04. The maximum Gasteiger partial charge on any atom is 0.196 e. The molecule has 1 aromatic rings. The Morgan fingerprint density at radius 2 is 2.36 bits per heavy atom. The first-order chi connectivity index (χ1) is 5.18. The van der Waals surface area contributed by atoms with Crippen molar-refractivity contribution in [3.63, 3.8) is 0 Å². The number of hydrogen-bond acceptors (Lipinski definition) is 3. The Morgan fingerprint density at radius 3 is 2.82 bits per heavy atom. The lowest BCUT2D eigenvalue weighted by molar-refractivity contribution is 0.399. The molecule has 0 bridgehead atoms. The van der Waals surface area contributed by atoms with Crippen LogP contribution in [0.1, 0.15) is 5.76 Å². The first kappa shape index (κ1) is 7.78. The minimum absolute atomic E-state index is 0.608. The van der Waals surface area contributed by atoms with E-state index in [1.54, 1.807) is 12.4 Å². The van der Waals surface area contributed by atoms with Crippen LogP contribution in [-0.2, 0) is 0 Å². The van der Waals surface area contributed by atoms with Gasteiger partial charge in [0.2, 0.25) is 0 Å². The number of aryl methyl sites for hydroxylation is 1. The van der Waals surface area contributed by atoms with E-state index in [1.807, 2.05) is 25.9 Å². The Hall–Kier alpha value is -1.32. The zero-order chi connectivity index (χ0) is 8.27. The Balaban J connectivity index is 2.64. The molecule has 0 aromatic carbocycles. The van der Waals surface area contributed by atoms with Crippen molar-refractivity contribution in [2.75, 3.05) is 14.1 Å². The molecule has 0 amide bonds. The van der Waals surface area contributed by atoms with Gasteiger partial charge in [-0.3, -0.25) is 0 Å². The van der Waals surface area contributed by atoms with Crippen LogP contribution in [0, 0.1) is 6.92 Å². The number of rotatable bonds is 2. The number of aliphatic imine (C=N–C) groups is 1. The van der Waals surface area contributed by atoms with E-state index in [9.17, 15) is 0 Å². The van der Waals surface area contributed by atoms with Crippen LogP contribution in [0.3, 0.4) is 0 Å². The predicted octanol–water partition coefficient (Wildman–Crippen LogP) is 1.20. The van der Waals surface area contributed by atoms with E-state index in [2.05, 4.69) is 10.1 Å². The van der Waals surface area contributed by atoms with Gasteiger partial charge in [-0.1, -0.05) is 5.16 Å². The van der Waals surface area contributed by atoms with Gasteiger partial charge in [-0.25, -0.2) is 4.99 Å². The number of hydrogen-bond donors (Lipinski definition) is 0. The van der Waals surface area contributed by atoms with Crippen LogP contribution in [0.25, 0.3) is 0 Å². The second-order valence-electron chi connectivity index (χ2n) is 2.50. The van der Waals surface area contributed by atoms with Crippen molar-refractivity contribution in [2.24, 2.45) is 4.99 Å². The fourth-order valence-electron chi connectivity index (χ4n) is 0.589. The Kier molecular flexibility index (Phi) is 2.25. The van der Waals surface area contributed by atoms with Crippen LogP contribution < -0.4 is 0 Å². The largest absolute Gasteiger partial charge is 0.369 e. The molecule has 0 unspecified atom stereocenters. The summed E-state index contributed by atoms with van der Waals surface area (Å²) in [7, 11) is 3.80. The molecule has 0 aliphatic rings. The van der Waals surface area contributed by atoms with Gasteiger partial charge in [-0.2, -0.15) is 0 Å². The molecule has 11 heavy (non-hydrogen) atoms. The van der Waals surface area contributed by atoms with Crippen molar-refractivity contribution in [2.45, 2.75) is 6.92 Å². The zero-order valence-corrected chi connectivity index (χ0v) is 6.90.